The van der Waals surface area contributed by atoms with E-state index >= 15 is 0 Å². The van der Waals surface area contributed by atoms with Crippen molar-refractivity contribution in [3.63, 3.8) is 0 Å². The first-order valence-corrected chi connectivity index (χ1v) is 9.59. The minimum absolute atomic E-state index is 0.0561. The summed E-state index contributed by atoms with van der Waals surface area (Å²) in [6.45, 7) is 1.89. The van der Waals surface area contributed by atoms with Gasteiger partial charge in [0.25, 0.3) is 0 Å². The van der Waals surface area contributed by atoms with E-state index in [4.69, 9.17) is 4.42 Å². The Kier molecular flexibility index (Phi) is 4.86. The molecule has 0 saturated carbocycles. The van der Waals surface area contributed by atoms with E-state index in [9.17, 15) is 17.2 Å². The van der Waals surface area contributed by atoms with Crippen LogP contribution in [0.25, 0.3) is 11.5 Å². The van der Waals surface area contributed by atoms with E-state index in [1.54, 1.807) is 11.6 Å². The third-order valence-electron chi connectivity index (χ3n) is 3.82. The summed E-state index contributed by atoms with van der Waals surface area (Å²) in [5.74, 6) is -1.77. The summed E-state index contributed by atoms with van der Waals surface area (Å²) in [4.78, 5) is 3.90. The van der Waals surface area contributed by atoms with Crippen molar-refractivity contribution in [1.82, 2.24) is 19.7 Å². The Morgan fingerprint density at radius 3 is 2.38 bits per heavy atom. The van der Waals surface area contributed by atoms with E-state index in [2.05, 4.69) is 15.2 Å². The fraction of sp³-hybridized carbons (Fsp3) is 0.312. The Balaban J connectivity index is 1.81. The lowest BCUT2D eigenvalue weighted by Crippen LogP contribution is -2.12. The maximum atomic E-state index is 13.8. The Morgan fingerprint density at radius 1 is 1.12 bits per heavy atom. The number of rotatable bonds is 6. The molecule has 0 amide bonds. The van der Waals surface area contributed by atoms with Gasteiger partial charge in [0.15, 0.2) is 9.84 Å². The lowest BCUT2D eigenvalue weighted by atomic mass is 10.2. The Morgan fingerprint density at radius 2 is 1.77 bits per heavy atom. The van der Waals surface area contributed by atoms with Gasteiger partial charge in [-0.2, -0.15) is 0 Å². The molecule has 0 saturated heterocycles. The Bertz CT molecular complexity index is 1020. The molecular weight excluding hydrogens is 366 g/mol. The highest BCUT2D eigenvalue weighted by molar-refractivity contribution is 7.89. The number of nitrogens with zero attached hydrogens (tertiary/aromatic N) is 4. The molecule has 0 N–H and O–H groups in total. The molecule has 3 aromatic rings. The van der Waals surface area contributed by atoms with E-state index in [1.807, 2.05) is 6.92 Å². The molecule has 0 aliphatic rings. The molecule has 1 aromatic carbocycles. The van der Waals surface area contributed by atoms with Gasteiger partial charge in [0.2, 0.25) is 5.89 Å². The number of benzene rings is 1. The highest BCUT2D eigenvalue weighted by Gasteiger charge is 2.22. The predicted molar refractivity (Wildman–Crippen MR) is 88.6 cm³/mol. The van der Waals surface area contributed by atoms with Crippen LogP contribution in [0.3, 0.4) is 0 Å². The van der Waals surface area contributed by atoms with Crippen LogP contribution in [0.1, 0.15) is 24.3 Å². The van der Waals surface area contributed by atoms with Crippen LogP contribution in [0.4, 0.5) is 8.78 Å². The predicted octanol–water partition coefficient (Wildman–Crippen LogP) is 2.43. The van der Waals surface area contributed by atoms with E-state index < -0.39 is 32.8 Å². The van der Waals surface area contributed by atoms with Crippen LogP contribution < -0.4 is 0 Å². The van der Waals surface area contributed by atoms with E-state index in [-0.39, 0.29) is 17.3 Å². The second kappa shape index (κ2) is 6.94. The van der Waals surface area contributed by atoms with Gasteiger partial charge < -0.3 is 8.98 Å². The van der Waals surface area contributed by atoms with Gasteiger partial charge in [0.05, 0.1) is 11.4 Å². The molecule has 26 heavy (non-hydrogen) atoms. The first-order valence-electron chi connectivity index (χ1n) is 7.77. The topological polar surface area (TPSA) is 90.9 Å². The van der Waals surface area contributed by atoms with Crippen molar-refractivity contribution in [2.24, 2.45) is 7.05 Å². The highest BCUT2D eigenvalue weighted by Crippen LogP contribution is 2.25. The first-order chi connectivity index (χ1) is 12.3. The molecule has 0 aliphatic heterocycles. The summed E-state index contributed by atoms with van der Waals surface area (Å²) in [5, 5.41) is 7.80. The molecule has 0 bridgehead atoms. The molecule has 0 aliphatic carbocycles. The normalized spacial score (nSPS) is 11.8. The minimum Gasteiger partial charge on any atom is -0.444 e. The average molecular weight is 382 g/mol. The van der Waals surface area contributed by atoms with Gasteiger partial charge in [0, 0.05) is 13.5 Å². The second-order valence-electron chi connectivity index (χ2n) is 5.72. The van der Waals surface area contributed by atoms with Crippen molar-refractivity contribution in [1.29, 1.82) is 0 Å². The van der Waals surface area contributed by atoms with Crippen molar-refractivity contribution in [2.45, 2.75) is 24.9 Å². The monoisotopic (exact) mass is 382 g/mol. The van der Waals surface area contributed by atoms with E-state index in [1.165, 1.54) is 6.07 Å². The van der Waals surface area contributed by atoms with Crippen molar-refractivity contribution >= 4 is 9.84 Å². The van der Waals surface area contributed by atoms with Crippen LogP contribution in [0.15, 0.2) is 28.9 Å². The third-order valence-corrected chi connectivity index (χ3v) is 5.25. The van der Waals surface area contributed by atoms with Gasteiger partial charge in [-0.1, -0.05) is 13.0 Å². The number of sulfone groups is 1. The maximum Gasteiger partial charge on any atom is 0.232 e. The molecule has 0 unspecified atom stereocenters. The summed E-state index contributed by atoms with van der Waals surface area (Å²) < 4.78 is 59.0. The van der Waals surface area contributed by atoms with Gasteiger partial charge in [-0.15, -0.1) is 10.2 Å². The summed E-state index contributed by atoms with van der Waals surface area (Å²) in [6, 6.07) is 3.35. The Hall–Kier alpha value is -2.62. The van der Waals surface area contributed by atoms with Crippen LogP contribution in [0.5, 0.6) is 0 Å². The molecule has 0 fully saturated rings. The van der Waals surface area contributed by atoms with Gasteiger partial charge >= 0.3 is 0 Å². The molecule has 3 rings (SSSR count). The lowest BCUT2D eigenvalue weighted by Gasteiger charge is -2.03. The summed E-state index contributed by atoms with van der Waals surface area (Å²) in [7, 11) is -1.93. The van der Waals surface area contributed by atoms with Gasteiger partial charge in [0.1, 0.15) is 40.9 Å². The largest absolute Gasteiger partial charge is 0.444 e. The number of aryl methyl sites for hydroxylation is 1. The molecule has 2 aromatic heterocycles. The number of aromatic nitrogens is 4. The maximum absolute atomic E-state index is 13.8. The number of hydrogen-bond donors (Lipinski definition) is 0. The molecule has 2 heterocycles. The van der Waals surface area contributed by atoms with Crippen LogP contribution in [0.2, 0.25) is 0 Å². The van der Waals surface area contributed by atoms with Gasteiger partial charge in [-0.3, -0.25) is 0 Å². The quantitative estimate of drug-likeness (QED) is 0.650. The van der Waals surface area contributed by atoms with Crippen molar-refractivity contribution in [2.75, 3.05) is 0 Å². The van der Waals surface area contributed by atoms with Crippen molar-refractivity contribution in [3.05, 3.63) is 53.4 Å². The number of halogens is 2. The lowest BCUT2D eigenvalue weighted by molar-refractivity contribution is 0.541. The molecule has 7 nitrogen and oxygen atoms in total. The van der Waals surface area contributed by atoms with Crippen LogP contribution in [-0.4, -0.2) is 28.2 Å². The third kappa shape index (κ3) is 3.64. The van der Waals surface area contributed by atoms with E-state index in [0.29, 0.717) is 18.1 Å². The Labute approximate surface area is 148 Å². The summed E-state index contributed by atoms with van der Waals surface area (Å²) in [6.07, 6.45) is 1.71. The molecule has 138 valence electrons. The molecule has 0 atom stereocenters. The summed E-state index contributed by atoms with van der Waals surface area (Å²) in [5.41, 5.74) is -0.377. The van der Waals surface area contributed by atoms with Gasteiger partial charge in [-0.05, 0) is 12.1 Å². The molecule has 0 spiro atoms. The zero-order valence-electron chi connectivity index (χ0n) is 14.1. The second-order valence-corrected chi connectivity index (χ2v) is 7.78. The van der Waals surface area contributed by atoms with Gasteiger partial charge in [-0.25, -0.2) is 22.2 Å². The SMILES string of the molecule is CCc1nnc(CS(=O)(=O)Cc2coc(-c3c(F)cccc3F)n2)n1C. The number of hydrogen-bond acceptors (Lipinski definition) is 6. The van der Waals surface area contributed by atoms with Crippen LogP contribution in [-0.2, 0) is 34.8 Å². The molecule has 10 heteroatoms. The van der Waals surface area contributed by atoms with Crippen molar-refractivity contribution < 1.29 is 21.6 Å². The highest BCUT2D eigenvalue weighted by atomic mass is 32.2. The molecular formula is C16H16F2N4O3S. The number of oxazole rings is 1. The standard InChI is InChI=1S/C16H16F2N4O3S/c1-3-13-20-21-14(22(13)2)9-26(23,24)8-10-7-25-16(19-10)15-11(17)5-4-6-12(15)18/h4-7H,3,8-9H2,1-2H3. The smallest absolute Gasteiger partial charge is 0.232 e. The average Bonchev–Trinajstić information content (AvgIpc) is 3.14. The van der Waals surface area contributed by atoms with Crippen molar-refractivity contribution in [3.8, 4) is 11.5 Å². The molecule has 0 radical (unpaired) electrons. The fourth-order valence-corrected chi connectivity index (χ4v) is 3.83. The minimum atomic E-state index is -3.63. The first kappa shape index (κ1) is 18.2. The zero-order valence-corrected chi connectivity index (χ0v) is 14.9. The fourth-order valence-electron chi connectivity index (χ4n) is 2.50. The van der Waals surface area contributed by atoms with Crippen LogP contribution >= 0.6 is 0 Å². The zero-order chi connectivity index (χ0) is 18.9. The van der Waals surface area contributed by atoms with E-state index in [0.717, 1.165) is 18.4 Å². The van der Waals surface area contributed by atoms with Crippen LogP contribution in [0, 0.1) is 11.6 Å². The summed E-state index contributed by atoms with van der Waals surface area (Å²) >= 11 is 0.